The Hall–Kier alpha value is -1.20. The molecular weight excluding hydrogens is 283 g/mol. The van der Waals surface area contributed by atoms with Crippen molar-refractivity contribution in [3.05, 3.63) is 44.0 Å². The average molecular weight is 288 g/mol. The fraction of sp³-hybridized carbons (Fsp3) is 0. The summed E-state index contributed by atoms with van der Waals surface area (Å²) in [6.45, 7) is 0. The lowest BCUT2D eigenvalue weighted by molar-refractivity contribution is -0.383. The molecule has 0 amide bonds. The number of rotatable bonds is 1. The number of nitro groups is 1. The van der Waals surface area contributed by atoms with Gasteiger partial charge < -0.3 is 0 Å². The normalized spacial score (nSPS) is 10.5. The zero-order valence-corrected chi connectivity index (χ0v) is 9.62. The Labute approximate surface area is 98.2 Å². The number of aromatic nitrogens is 1. The number of hydrogen-bond acceptors (Lipinski definition) is 3. The maximum atomic E-state index is 10.8. The molecule has 0 aliphatic heterocycles. The first kappa shape index (κ1) is 10.3. The number of nitrogens with zero attached hydrogens (tertiary/aromatic N) is 2. The lowest BCUT2D eigenvalue weighted by Gasteiger charge is -2.01. The first-order valence-electron chi connectivity index (χ1n) is 3.98. The highest BCUT2D eigenvalue weighted by Crippen LogP contribution is 2.32. The van der Waals surface area contributed by atoms with Crippen LogP contribution in [0, 0.1) is 10.1 Å². The predicted molar refractivity (Wildman–Crippen MR) is 61.1 cm³/mol. The molecule has 0 saturated heterocycles. The molecule has 2 aromatic rings. The smallest absolute Gasteiger partial charge is 0.258 e. The molecule has 15 heavy (non-hydrogen) atoms. The Balaban J connectivity index is 2.92. The van der Waals surface area contributed by atoms with Gasteiger partial charge >= 0.3 is 0 Å². The Morgan fingerprint density at radius 1 is 1.47 bits per heavy atom. The molecule has 0 radical (unpaired) electrons. The maximum absolute atomic E-state index is 10.8. The number of halogens is 2. The van der Waals surface area contributed by atoms with Crippen molar-refractivity contribution in [1.82, 2.24) is 4.98 Å². The molecule has 0 N–H and O–H groups in total. The highest BCUT2D eigenvalue weighted by Gasteiger charge is 2.15. The second-order valence-electron chi connectivity index (χ2n) is 2.87. The average Bonchev–Trinajstić information content (AvgIpc) is 2.18. The van der Waals surface area contributed by atoms with Crippen molar-refractivity contribution in [3.8, 4) is 0 Å². The van der Waals surface area contributed by atoms with Gasteiger partial charge in [0.05, 0.1) is 9.95 Å². The molecule has 0 atom stereocenters. The van der Waals surface area contributed by atoms with Gasteiger partial charge in [0.15, 0.2) is 0 Å². The van der Waals surface area contributed by atoms with Crippen molar-refractivity contribution in [1.29, 1.82) is 0 Å². The van der Waals surface area contributed by atoms with E-state index in [2.05, 4.69) is 20.9 Å². The van der Waals surface area contributed by atoms with Crippen LogP contribution in [0.1, 0.15) is 0 Å². The number of fused-ring (bicyclic) bond motifs is 1. The zero-order valence-electron chi connectivity index (χ0n) is 7.28. The summed E-state index contributed by atoms with van der Waals surface area (Å²) >= 11 is 9.12. The fourth-order valence-electron chi connectivity index (χ4n) is 1.31. The van der Waals surface area contributed by atoms with Crippen LogP contribution in [0.5, 0.6) is 0 Å². The Morgan fingerprint density at radius 2 is 2.20 bits per heavy atom. The number of nitro benzene ring substituents is 1. The van der Waals surface area contributed by atoms with E-state index < -0.39 is 4.92 Å². The van der Waals surface area contributed by atoms with E-state index in [1.165, 1.54) is 12.3 Å². The summed E-state index contributed by atoms with van der Waals surface area (Å²) in [5, 5.41) is 11.8. The number of non-ortho nitro benzene ring substituents is 1. The number of hydrogen-bond donors (Lipinski definition) is 0. The minimum atomic E-state index is -0.476. The maximum Gasteiger partial charge on any atom is 0.296 e. The van der Waals surface area contributed by atoms with Crippen molar-refractivity contribution >= 4 is 44.1 Å². The molecule has 0 bridgehead atoms. The molecule has 0 spiro atoms. The molecule has 76 valence electrons. The van der Waals surface area contributed by atoms with Gasteiger partial charge in [-0.15, -0.1) is 0 Å². The van der Waals surface area contributed by atoms with Gasteiger partial charge in [-0.05, 0) is 12.1 Å². The van der Waals surface area contributed by atoms with E-state index >= 15 is 0 Å². The second kappa shape index (κ2) is 3.75. The van der Waals surface area contributed by atoms with Crippen LogP contribution >= 0.6 is 27.5 Å². The molecule has 0 fully saturated rings. The first-order valence-corrected chi connectivity index (χ1v) is 5.15. The van der Waals surface area contributed by atoms with Crippen molar-refractivity contribution in [2.75, 3.05) is 0 Å². The number of benzene rings is 1. The van der Waals surface area contributed by atoms with Crippen molar-refractivity contribution < 1.29 is 4.92 Å². The van der Waals surface area contributed by atoms with Crippen LogP contribution in [0.25, 0.3) is 10.9 Å². The van der Waals surface area contributed by atoms with E-state index in [-0.39, 0.29) is 5.69 Å². The van der Waals surface area contributed by atoms with Crippen molar-refractivity contribution in [3.63, 3.8) is 0 Å². The second-order valence-corrected chi connectivity index (χ2v) is 4.19. The third kappa shape index (κ3) is 1.80. The van der Waals surface area contributed by atoms with Gasteiger partial charge in [-0.25, -0.2) is 4.98 Å². The van der Waals surface area contributed by atoms with E-state index in [9.17, 15) is 10.1 Å². The van der Waals surface area contributed by atoms with E-state index in [0.29, 0.717) is 20.4 Å². The molecule has 1 heterocycles. The summed E-state index contributed by atoms with van der Waals surface area (Å²) in [6.07, 6.45) is 1.45. The predicted octanol–water partition coefficient (Wildman–Crippen LogP) is 3.56. The molecule has 4 nitrogen and oxygen atoms in total. The van der Waals surface area contributed by atoms with Gasteiger partial charge in [0.2, 0.25) is 0 Å². The first-order chi connectivity index (χ1) is 7.09. The fourth-order valence-corrected chi connectivity index (χ4v) is 1.95. The van der Waals surface area contributed by atoms with E-state index in [4.69, 9.17) is 11.6 Å². The molecule has 0 unspecified atom stereocenters. The molecule has 1 aromatic carbocycles. The summed E-state index contributed by atoms with van der Waals surface area (Å²) in [4.78, 5) is 14.3. The third-order valence-corrected chi connectivity index (χ3v) is 2.72. The minimum Gasteiger partial charge on any atom is -0.258 e. The van der Waals surface area contributed by atoms with Crippen LogP contribution in [0.4, 0.5) is 5.69 Å². The number of pyridine rings is 1. The summed E-state index contributed by atoms with van der Waals surface area (Å²) in [5.74, 6) is 0. The van der Waals surface area contributed by atoms with Crippen LogP contribution in [0.2, 0.25) is 5.02 Å². The topological polar surface area (TPSA) is 56.0 Å². The SMILES string of the molecule is O=[N+]([O-])c1cc(Br)cc2c(Cl)ccnc12. The van der Waals surface area contributed by atoms with E-state index in [0.717, 1.165) is 0 Å². The van der Waals surface area contributed by atoms with Crippen LogP contribution in [0.3, 0.4) is 0 Å². The molecule has 1 aromatic heterocycles. The van der Waals surface area contributed by atoms with Crippen LogP contribution < -0.4 is 0 Å². The molecule has 2 rings (SSSR count). The molecule has 0 saturated carbocycles. The Morgan fingerprint density at radius 3 is 2.87 bits per heavy atom. The van der Waals surface area contributed by atoms with Crippen LogP contribution in [-0.2, 0) is 0 Å². The quantitative estimate of drug-likeness (QED) is 0.595. The summed E-state index contributed by atoms with van der Waals surface area (Å²) in [6, 6.07) is 4.71. The lowest BCUT2D eigenvalue weighted by atomic mass is 10.2. The van der Waals surface area contributed by atoms with E-state index in [1.807, 2.05) is 0 Å². The highest BCUT2D eigenvalue weighted by molar-refractivity contribution is 9.10. The summed E-state index contributed by atoms with van der Waals surface area (Å²) in [7, 11) is 0. The minimum absolute atomic E-state index is 0.0538. The summed E-state index contributed by atoms with van der Waals surface area (Å²) in [5.41, 5.74) is 0.248. The van der Waals surface area contributed by atoms with Gasteiger partial charge in [0.25, 0.3) is 5.69 Å². The van der Waals surface area contributed by atoms with E-state index in [1.54, 1.807) is 12.1 Å². The van der Waals surface area contributed by atoms with Gasteiger partial charge in [-0.3, -0.25) is 10.1 Å². The van der Waals surface area contributed by atoms with Gasteiger partial charge in [0.1, 0.15) is 5.52 Å². The standard InChI is InChI=1S/C9H4BrClN2O2/c10-5-3-6-7(11)1-2-12-9(6)8(4-5)13(14)15/h1-4H. The van der Waals surface area contributed by atoms with Crippen LogP contribution in [-0.4, -0.2) is 9.91 Å². The zero-order chi connectivity index (χ0) is 11.0. The van der Waals surface area contributed by atoms with Gasteiger partial charge in [0, 0.05) is 22.1 Å². The third-order valence-electron chi connectivity index (χ3n) is 1.93. The molecular formula is C9H4BrClN2O2. The molecule has 0 aliphatic rings. The lowest BCUT2D eigenvalue weighted by Crippen LogP contribution is -1.92. The Kier molecular flexibility index (Phi) is 2.58. The highest BCUT2D eigenvalue weighted by atomic mass is 79.9. The van der Waals surface area contributed by atoms with Crippen molar-refractivity contribution in [2.45, 2.75) is 0 Å². The largest absolute Gasteiger partial charge is 0.296 e. The van der Waals surface area contributed by atoms with Crippen LogP contribution in [0.15, 0.2) is 28.9 Å². The Bertz CT molecular complexity index is 559. The van der Waals surface area contributed by atoms with Crippen molar-refractivity contribution in [2.24, 2.45) is 0 Å². The molecule has 0 aliphatic carbocycles. The monoisotopic (exact) mass is 286 g/mol. The van der Waals surface area contributed by atoms with Gasteiger partial charge in [-0.1, -0.05) is 27.5 Å². The van der Waals surface area contributed by atoms with Gasteiger partial charge in [-0.2, -0.15) is 0 Å². The summed E-state index contributed by atoms with van der Waals surface area (Å²) < 4.78 is 0.608. The molecule has 6 heteroatoms.